The number of hydrazone groups is 1. The third-order valence-electron chi connectivity index (χ3n) is 1.48. The molecule has 1 rings (SSSR count). The van der Waals surface area contributed by atoms with Crippen molar-refractivity contribution in [3.63, 3.8) is 0 Å². The second-order valence-corrected chi connectivity index (χ2v) is 4.60. The average Bonchev–Trinajstić information content (AvgIpc) is 2.71. The van der Waals surface area contributed by atoms with Gasteiger partial charge in [-0.2, -0.15) is 5.10 Å². The largest absolute Gasteiger partial charge is 0.247 e. The molecular formula is C6H12N2O2S. The Hall–Kier alpha value is -0.580. The van der Waals surface area contributed by atoms with Gasteiger partial charge in [-0.05, 0) is 25.7 Å². The van der Waals surface area contributed by atoms with Crippen molar-refractivity contribution < 1.29 is 8.42 Å². The molecule has 0 unspecified atom stereocenters. The van der Waals surface area contributed by atoms with Crippen LogP contribution in [0.4, 0.5) is 0 Å². The molecule has 64 valence electrons. The number of nitrogens with one attached hydrogen (secondary N) is 1. The Kier molecular flexibility index (Phi) is 2.49. The quantitative estimate of drug-likeness (QED) is 0.495. The second-order valence-electron chi connectivity index (χ2n) is 2.61. The lowest BCUT2D eigenvalue weighted by Crippen LogP contribution is -2.19. The molecular weight excluding hydrogens is 164 g/mol. The van der Waals surface area contributed by atoms with Crippen LogP contribution in [0.3, 0.4) is 0 Å². The molecule has 11 heavy (non-hydrogen) atoms. The van der Waals surface area contributed by atoms with Gasteiger partial charge in [-0.15, -0.1) is 0 Å². The molecule has 0 aromatic heterocycles. The van der Waals surface area contributed by atoms with Gasteiger partial charge < -0.3 is 0 Å². The first-order valence-corrected chi connectivity index (χ1v) is 5.32. The zero-order chi connectivity index (χ0) is 8.32. The van der Waals surface area contributed by atoms with Crippen molar-refractivity contribution in [2.45, 2.75) is 19.8 Å². The van der Waals surface area contributed by atoms with Gasteiger partial charge in [0.15, 0.2) is 0 Å². The zero-order valence-corrected chi connectivity index (χ0v) is 7.26. The molecule has 1 saturated carbocycles. The molecule has 0 aromatic rings. The molecule has 0 atom stereocenters. The minimum atomic E-state index is -3.14. The molecule has 1 aliphatic rings. The Labute approximate surface area is 66.7 Å². The highest BCUT2D eigenvalue weighted by atomic mass is 32.2. The van der Waals surface area contributed by atoms with Crippen LogP contribution in [0.2, 0.25) is 0 Å². The number of hydrogen-bond donors (Lipinski definition) is 1. The van der Waals surface area contributed by atoms with Crippen molar-refractivity contribution in [3.8, 4) is 0 Å². The van der Waals surface area contributed by atoms with Gasteiger partial charge >= 0.3 is 0 Å². The van der Waals surface area contributed by atoms with E-state index in [1.54, 1.807) is 13.1 Å². The maximum Gasteiger partial charge on any atom is 0.247 e. The molecule has 0 aliphatic heterocycles. The maximum atomic E-state index is 10.8. The fourth-order valence-electron chi connectivity index (χ4n) is 0.526. The third-order valence-corrected chi connectivity index (χ3v) is 2.62. The lowest BCUT2D eigenvalue weighted by Gasteiger charge is -1.96. The van der Waals surface area contributed by atoms with Crippen LogP contribution < -0.4 is 4.83 Å². The van der Waals surface area contributed by atoms with E-state index in [2.05, 4.69) is 9.93 Å². The molecule has 0 aromatic carbocycles. The van der Waals surface area contributed by atoms with E-state index >= 15 is 0 Å². The molecule has 1 aliphatic carbocycles. The summed E-state index contributed by atoms with van der Waals surface area (Å²) in [5.74, 6) is 0.587. The van der Waals surface area contributed by atoms with Crippen LogP contribution in [0.15, 0.2) is 5.10 Å². The number of nitrogens with zero attached hydrogens (tertiary/aromatic N) is 1. The van der Waals surface area contributed by atoms with E-state index in [1.165, 1.54) is 0 Å². The van der Waals surface area contributed by atoms with E-state index in [9.17, 15) is 8.42 Å². The Morgan fingerprint density at radius 2 is 2.27 bits per heavy atom. The van der Waals surface area contributed by atoms with Gasteiger partial charge in [0.2, 0.25) is 10.0 Å². The summed E-state index contributed by atoms with van der Waals surface area (Å²) in [6.45, 7) is 1.58. The molecule has 0 amide bonds. The normalized spacial score (nSPS) is 19.0. The summed E-state index contributed by atoms with van der Waals surface area (Å²) in [4.78, 5) is 2.12. The van der Waals surface area contributed by atoms with E-state index < -0.39 is 10.0 Å². The van der Waals surface area contributed by atoms with Crippen LogP contribution in [0.1, 0.15) is 19.8 Å². The van der Waals surface area contributed by atoms with Crippen molar-refractivity contribution in [1.82, 2.24) is 4.83 Å². The summed E-state index contributed by atoms with van der Waals surface area (Å²) >= 11 is 0. The number of rotatable bonds is 4. The zero-order valence-electron chi connectivity index (χ0n) is 6.45. The molecule has 4 nitrogen and oxygen atoms in total. The van der Waals surface area contributed by atoms with Gasteiger partial charge in [0.25, 0.3) is 0 Å². The van der Waals surface area contributed by atoms with Crippen LogP contribution in [0.25, 0.3) is 0 Å². The van der Waals surface area contributed by atoms with Gasteiger partial charge in [0, 0.05) is 6.21 Å². The van der Waals surface area contributed by atoms with Crippen molar-refractivity contribution in [3.05, 3.63) is 0 Å². The summed E-state index contributed by atoms with van der Waals surface area (Å²) in [5.41, 5.74) is 0. The van der Waals surface area contributed by atoms with Crippen LogP contribution >= 0.6 is 0 Å². The van der Waals surface area contributed by atoms with Crippen LogP contribution in [0.5, 0.6) is 0 Å². The van der Waals surface area contributed by atoms with Crippen LogP contribution in [-0.2, 0) is 10.0 Å². The Bertz CT molecular complexity index is 241. The fourth-order valence-corrected chi connectivity index (χ4v) is 0.877. The molecule has 0 spiro atoms. The van der Waals surface area contributed by atoms with Crippen LogP contribution in [-0.4, -0.2) is 20.4 Å². The van der Waals surface area contributed by atoms with Gasteiger partial charge in [0.1, 0.15) is 0 Å². The van der Waals surface area contributed by atoms with E-state index in [4.69, 9.17) is 0 Å². The smallest absolute Gasteiger partial charge is 0.205 e. The summed E-state index contributed by atoms with van der Waals surface area (Å²) in [6, 6.07) is 0. The molecule has 0 saturated heterocycles. The summed E-state index contributed by atoms with van der Waals surface area (Å²) < 4.78 is 21.6. The van der Waals surface area contributed by atoms with E-state index in [1.807, 2.05) is 0 Å². The average molecular weight is 176 g/mol. The molecule has 0 heterocycles. The van der Waals surface area contributed by atoms with E-state index in [0.29, 0.717) is 5.92 Å². The van der Waals surface area contributed by atoms with Gasteiger partial charge in [-0.1, -0.05) is 0 Å². The highest BCUT2D eigenvalue weighted by Gasteiger charge is 2.18. The standard InChI is InChI=1S/C6H12N2O2S/c1-2-11(9,10)8-7-5-6-3-4-6/h5-6,8H,2-4H2,1H3/b7-5+. The highest BCUT2D eigenvalue weighted by molar-refractivity contribution is 7.89. The fraction of sp³-hybridized carbons (Fsp3) is 0.833. The molecule has 1 fully saturated rings. The molecule has 1 N–H and O–H groups in total. The van der Waals surface area contributed by atoms with Gasteiger partial charge in [-0.25, -0.2) is 13.2 Å². The van der Waals surface area contributed by atoms with Crippen molar-refractivity contribution in [2.75, 3.05) is 5.75 Å². The van der Waals surface area contributed by atoms with Gasteiger partial charge in [0.05, 0.1) is 5.75 Å². The Morgan fingerprint density at radius 3 is 2.73 bits per heavy atom. The number of hydrogen-bond acceptors (Lipinski definition) is 3. The number of sulfonamides is 1. The monoisotopic (exact) mass is 176 g/mol. The summed E-state index contributed by atoms with van der Waals surface area (Å²) in [6.07, 6.45) is 3.93. The first-order valence-electron chi connectivity index (χ1n) is 3.66. The predicted octanol–water partition coefficient (Wildman–Crippen LogP) is 0.321. The van der Waals surface area contributed by atoms with E-state index in [0.717, 1.165) is 12.8 Å². The highest BCUT2D eigenvalue weighted by Crippen LogP contribution is 2.25. The van der Waals surface area contributed by atoms with Crippen molar-refractivity contribution >= 4 is 16.2 Å². The maximum absolute atomic E-state index is 10.8. The lowest BCUT2D eigenvalue weighted by molar-refractivity contribution is 0.586. The second kappa shape index (κ2) is 3.21. The lowest BCUT2D eigenvalue weighted by atomic mass is 10.5. The minimum Gasteiger partial charge on any atom is -0.205 e. The van der Waals surface area contributed by atoms with Gasteiger partial charge in [-0.3, -0.25) is 0 Å². The third kappa shape index (κ3) is 3.36. The molecule has 0 bridgehead atoms. The Balaban J connectivity index is 2.30. The first-order chi connectivity index (χ1) is 5.14. The summed E-state index contributed by atoms with van der Waals surface area (Å²) in [5, 5.41) is 3.61. The van der Waals surface area contributed by atoms with Crippen LogP contribution in [0, 0.1) is 5.92 Å². The molecule has 0 radical (unpaired) electrons. The predicted molar refractivity (Wildman–Crippen MR) is 43.8 cm³/mol. The minimum absolute atomic E-state index is 0.0784. The first kappa shape index (κ1) is 8.52. The van der Waals surface area contributed by atoms with Crippen molar-refractivity contribution in [2.24, 2.45) is 11.0 Å². The molecule has 5 heteroatoms. The van der Waals surface area contributed by atoms with E-state index in [-0.39, 0.29) is 5.75 Å². The topological polar surface area (TPSA) is 58.5 Å². The SMILES string of the molecule is CCS(=O)(=O)N/N=C/C1CC1. The Morgan fingerprint density at radius 1 is 1.64 bits per heavy atom. The summed E-state index contributed by atoms with van der Waals surface area (Å²) in [7, 11) is -3.14. The van der Waals surface area contributed by atoms with Crippen molar-refractivity contribution in [1.29, 1.82) is 0 Å².